The maximum atomic E-state index is 12.1. The third-order valence-electron chi connectivity index (χ3n) is 5.83. The highest BCUT2D eigenvalue weighted by Crippen LogP contribution is 2.36. The normalized spacial score (nSPS) is 25.1. The lowest BCUT2D eigenvalue weighted by atomic mass is 10.0. The summed E-state index contributed by atoms with van der Waals surface area (Å²) in [4.78, 5) is 16.6. The van der Waals surface area contributed by atoms with E-state index < -0.39 is 0 Å². The van der Waals surface area contributed by atoms with E-state index in [1.54, 1.807) is 0 Å². The lowest BCUT2D eigenvalue weighted by molar-refractivity contribution is 0.0996. The topological polar surface area (TPSA) is 101 Å². The minimum Gasteiger partial charge on any atom is -0.475 e. The molecule has 3 N–H and O–H groups in total. The Morgan fingerprint density at radius 1 is 1.14 bits per heavy atom. The van der Waals surface area contributed by atoms with Crippen molar-refractivity contribution in [2.45, 2.75) is 71.0 Å². The van der Waals surface area contributed by atoms with Crippen molar-refractivity contribution in [2.24, 2.45) is 0 Å². The molecule has 2 aliphatic rings. The van der Waals surface area contributed by atoms with Crippen LogP contribution >= 0.6 is 0 Å². The van der Waals surface area contributed by atoms with E-state index in [0.717, 1.165) is 60.6 Å². The van der Waals surface area contributed by atoms with E-state index in [0.29, 0.717) is 18.3 Å². The van der Waals surface area contributed by atoms with E-state index in [1.807, 2.05) is 32.9 Å². The van der Waals surface area contributed by atoms with E-state index in [9.17, 15) is 4.79 Å². The number of carbonyl (C=O) groups excluding carboxylic acids is 1. The number of nitrogens with one attached hydrogen (secondary N) is 3. The molecule has 1 saturated carbocycles. The molecule has 2 aromatic heterocycles. The van der Waals surface area contributed by atoms with Gasteiger partial charge in [0.15, 0.2) is 5.82 Å². The van der Waals surface area contributed by atoms with Gasteiger partial charge in [-0.25, -0.2) is 9.78 Å². The molecule has 0 aromatic carbocycles. The molecule has 8 nitrogen and oxygen atoms in total. The number of pyridine rings is 1. The molecular formula is C21H29N5O3. The molecule has 0 spiro atoms. The molecule has 0 unspecified atom stereocenters. The Hall–Kier alpha value is -2.77. The molecule has 0 radical (unpaired) electrons. The predicted molar refractivity (Wildman–Crippen MR) is 110 cm³/mol. The molecule has 6 bridgehead atoms. The zero-order chi connectivity index (χ0) is 20.4. The van der Waals surface area contributed by atoms with Crippen LogP contribution < -0.4 is 15.4 Å². The maximum Gasteiger partial charge on any atom is 0.407 e. The summed E-state index contributed by atoms with van der Waals surface area (Å²) in [6.07, 6.45) is 3.89. The van der Waals surface area contributed by atoms with Gasteiger partial charge >= 0.3 is 6.09 Å². The van der Waals surface area contributed by atoms with E-state index in [1.165, 1.54) is 0 Å². The van der Waals surface area contributed by atoms with Crippen LogP contribution in [-0.2, 0) is 4.74 Å². The summed E-state index contributed by atoms with van der Waals surface area (Å²) >= 11 is 0. The Kier molecular flexibility index (Phi) is 5.60. The van der Waals surface area contributed by atoms with Crippen LogP contribution in [0.2, 0.25) is 0 Å². The highest BCUT2D eigenvalue weighted by Gasteiger charge is 2.30. The molecule has 0 saturated heterocycles. The molecule has 4 rings (SSSR count). The van der Waals surface area contributed by atoms with Crippen LogP contribution in [0, 0.1) is 13.8 Å². The van der Waals surface area contributed by atoms with Crippen LogP contribution in [0.25, 0.3) is 0 Å². The van der Waals surface area contributed by atoms with Crippen molar-refractivity contribution >= 4 is 17.6 Å². The highest BCUT2D eigenvalue weighted by molar-refractivity contribution is 5.67. The summed E-state index contributed by atoms with van der Waals surface area (Å²) in [6.45, 7) is 6.60. The largest absolute Gasteiger partial charge is 0.475 e. The van der Waals surface area contributed by atoms with Crippen molar-refractivity contribution < 1.29 is 14.3 Å². The number of fused-ring (bicyclic) bond motifs is 7. The Morgan fingerprint density at radius 3 is 2.86 bits per heavy atom. The van der Waals surface area contributed by atoms with Crippen molar-refractivity contribution in [2.75, 3.05) is 11.9 Å². The molecular weight excluding hydrogens is 370 g/mol. The fraction of sp³-hybridized carbons (Fsp3) is 0.571. The lowest BCUT2D eigenvalue weighted by Gasteiger charge is -2.17. The number of hydrogen-bond donors (Lipinski definition) is 3. The molecule has 8 heteroatoms. The molecule has 1 aliphatic heterocycles. The Bertz CT molecular complexity index is 881. The summed E-state index contributed by atoms with van der Waals surface area (Å²) in [6, 6.07) is 3.96. The summed E-state index contributed by atoms with van der Waals surface area (Å²) < 4.78 is 11.6. The number of anilines is 2. The number of aromatic amines is 1. The Labute approximate surface area is 170 Å². The molecule has 1 amide bonds. The molecule has 3 heterocycles. The first kappa shape index (κ1) is 19.5. The number of H-pyrrole nitrogens is 1. The van der Waals surface area contributed by atoms with Gasteiger partial charge in [0.1, 0.15) is 6.10 Å². The first-order chi connectivity index (χ1) is 14.0. The fourth-order valence-electron chi connectivity index (χ4n) is 4.01. The van der Waals surface area contributed by atoms with Gasteiger partial charge in [0.2, 0.25) is 5.88 Å². The number of amides is 1. The van der Waals surface area contributed by atoms with E-state index in [2.05, 4.69) is 25.8 Å². The second kappa shape index (κ2) is 8.31. The first-order valence-electron chi connectivity index (χ1n) is 10.4. The average molecular weight is 399 g/mol. The van der Waals surface area contributed by atoms with Gasteiger partial charge in [0.05, 0.1) is 6.10 Å². The Balaban J connectivity index is 1.59. The van der Waals surface area contributed by atoms with Gasteiger partial charge < -0.3 is 20.1 Å². The van der Waals surface area contributed by atoms with Crippen LogP contribution in [0.3, 0.4) is 0 Å². The highest BCUT2D eigenvalue weighted by atomic mass is 16.6. The number of ether oxygens (including phenoxy) is 2. The van der Waals surface area contributed by atoms with Gasteiger partial charge in [-0.05, 0) is 58.4 Å². The third kappa shape index (κ3) is 4.63. The van der Waals surface area contributed by atoms with Crippen molar-refractivity contribution in [3.8, 4) is 5.88 Å². The maximum absolute atomic E-state index is 12.1. The van der Waals surface area contributed by atoms with Crippen LogP contribution in [0.1, 0.15) is 61.9 Å². The summed E-state index contributed by atoms with van der Waals surface area (Å²) in [7, 11) is 0. The average Bonchev–Trinajstić information content (AvgIpc) is 3.31. The molecule has 29 heavy (non-hydrogen) atoms. The molecule has 1 aliphatic carbocycles. The number of hydrogen-bond acceptors (Lipinski definition) is 6. The zero-order valence-corrected chi connectivity index (χ0v) is 17.2. The van der Waals surface area contributed by atoms with Gasteiger partial charge in [-0.2, -0.15) is 5.10 Å². The van der Waals surface area contributed by atoms with Gasteiger partial charge in [-0.3, -0.25) is 5.10 Å². The van der Waals surface area contributed by atoms with E-state index in [4.69, 9.17) is 9.47 Å². The van der Waals surface area contributed by atoms with Gasteiger partial charge in [-0.15, -0.1) is 0 Å². The van der Waals surface area contributed by atoms with Crippen molar-refractivity contribution in [1.29, 1.82) is 0 Å². The number of rotatable bonds is 0. The second-order valence-electron chi connectivity index (χ2n) is 8.09. The number of nitrogens with zero attached hydrogens (tertiary/aromatic N) is 2. The van der Waals surface area contributed by atoms with Crippen LogP contribution in [0.15, 0.2) is 12.1 Å². The monoisotopic (exact) mass is 399 g/mol. The lowest BCUT2D eigenvalue weighted by Crippen LogP contribution is -2.29. The summed E-state index contributed by atoms with van der Waals surface area (Å²) in [5, 5.41) is 13.8. The van der Waals surface area contributed by atoms with Crippen molar-refractivity contribution in [1.82, 2.24) is 20.5 Å². The smallest absolute Gasteiger partial charge is 0.407 e. The minimum absolute atomic E-state index is 0.0123. The number of carbonyl (C=O) groups is 1. The van der Waals surface area contributed by atoms with E-state index >= 15 is 0 Å². The number of aromatic nitrogens is 3. The first-order valence-corrected chi connectivity index (χ1v) is 10.4. The van der Waals surface area contributed by atoms with Crippen LogP contribution in [0.4, 0.5) is 16.3 Å². The van der Waals surface area contributed by atoms with Gasteiger partial charge in [0.25, 0.3) is 0 Å². The van der Waals surface area contributed by atoms with Crippen molar-refractivity contribution in [3.05, 3.63) is 29.1 Å². The van der Waals surface area contributed by atoms with Crippen molar-refractivity contribution in [3.63, 3.8) is 0 Å². The van der Waals surface area contributed by atoms with Crippen LogP contribution in [0.5, 0.6) is 5.88 Å². The molecule has 156 valence electrons. The summed E-state index contributed by atoms with van der Waals surface area (Å²) in [5.74, 6) is 1.66. The summed E-state index contributed by atoms with van der Waals surface area (Å²) in [5.41, 5.74) is 4.00. The quantitative estimate of drug-likeness (QED) is 0.617. The minimum atomic E-state index is -0.335. The SMILES string of the molecule is Cc1nc2cc(c1C)Nc1cc([nH]n1)[C@H]1CC[C@H](C1)OC(=O)NCCC[C@@H](C)O2. The molecule has 3 atom stereocenters. The third-order valence-corrected chi connectivity index (χ3v) is 5.83. The van der Waals surface area contributed by atoms with E-state index in [-0.39, 0.29) is 18.3 Å². The second-order valence-corrected chi connectivity index (χ2v) is 8.09. The standard InChI is InChI=1S/C21H29N5O3/c1-12-5-4-8-22-21(27)29-16-7-6-15(9-16)18-10-19(26-25-18)24-17-11-20(28-12)23-14(3)13(17)2/h10-12,15-16H,4-9H2,1-3H3,(H,22,27)(H2,24,25,26)/t12-,15+,16-/m1/s1. The number of alkyl carbamates (subject to hydrolysis) is 1. The fourth-order valence-corrected chi connectivity index (χ4v) is 4.01. The van der Waals surface area contributed by atoms with Crippen LogP contribution in [-0.4, -0.2) is 40.0 Å². The van der Waals surface area contributed by atoms with Gasteiger partial charge in [-0.1, -0.05) is 0 Å². The number of aryl methyl sites for hydroxylation is 1. The molecule has 2 aromatic rings. The predicted octanol–water partition coefficient (Wildman–Crippen LogP) is 4.09. The molecule has 1 fully saturated rings. The van der Waals surface area contributed by atoms with Gasteiger partial charge in [0, 0.05) is 41.7 Å². The zero-order valence-electron chi connectivity index (χ0n) is 17.2. The Morgan fingerprint density at radius 2 is 2.00 bits per heavy atom.